The van der Waals surface area contributed by atoms with Crippen molar-refractivity contribution in [2.24, 2.45) is 23.0 Å². The van der Waals surface area contributed by atoms with E-state index in [1.807, 2.05) is 6.08 Å². The van der Waals surface area contributed by atoms with E-state index in [2.05, 4.69) is 47.3 Å². The number of hydrogen-bond acceptors (Lipinski definition) is 1. The Bertz CT molecular complexity index is 243. The van der Waals surface area contributed by atoms with Crippen molar-refractivity contribution in [1.82, 2.24) is 0 Å². The van der Waals surface area contributed by atoms with E-state index in [0.29, 0.717) is 23.8 Å². The first-order chi connectivity index (χ1) is 7.80. The van der Waals surface area contributed by atoms with Crippen molar-refractivity contribution >= 4 is 0 Å². The highest BCUT2D eigenvalue weighted by molar-refractivity contribution is 5.06. The van der Waals surface area contributed by atoms with Crippen LogP contribution in [0.2, 0.25) is 0 Å². The SMILES string of the molecule is C=CCC(C/C(=C\CC(C)(C)C)CN)C(C)C. The molecule has 0 rings (SSSR count). The van der Waals surface area contributed by atoms with Gasteiger partial charge in [-0.2, -0.15) is 0 Å². The molecule has 0 radical (unpaired) electrons. The summed E-state index contributed by atoms with van der Waals surface area (Å²) in [7, 11) is 0. The predicted molar refractivity (Wildman–Crippen MR) is 79.0 cm³/mol. The summed E-state index contributed by atoms with van der Waals surface area (Å²) in [4.78, 5) is 0. The van der Waals surface area contributed by atoms with Crippen molar-refractivity contribution in [2.45, 2.75) is 53.9 Å². The maximum absolute atomic E-state index is 5.85. The van der Waals surface area contributed by atoms with E-state index < -0.39 is 0 Å². The first kappa shape index (κ1) is 16.4. The summed E-state index contributed by atoms with van der Waals surface area (Å²) in [6.45, 7) is 15.9. The second-order valence-corrected chi connectivity index (χ2v) is 6.56. The molecule has 0 aromatic heterocycles. The van der Waals surface area contributed by atoms with E-state index >= 15 is 0 Å². The molecular formula is C16H31N. The van der Waals surface area contributed by atoms with Crippen LogP contribution < -0.4 is 5.73 Å². The summed E-state index contributed by atoms with van der Waals surface area (Å²) in [5, 5.41) is 0. The highest BCUT2D eigenvalue weighted by Crippen LogP contribution is 2.26. The summed E-state index contributed by atoms with van der Waals surface area (Å²) < 4.78 is 0. The lowest BCUT2D eigenvalue weighted by molar-refractivity contribution is 0.380. The van der Waals surface area contributed by atoms with Crippen molar-refractivity contribution in [1.29, 1.82) is 0 Å². The van der Waals surface area contributed by atoms with Gasteiger partial charge < -0.3 is 5.73 Å². The van der Waals surface area contributed by atoms with Gasteiger partial charge in [0.2, 0.25) is 0 Å². The Balaban J connectivity index is 4.50. The molecule has 1 nitrogen and oxygen atoms in total. The fourth-order valence-corrected chi connectivity index (χ4v) is 1.84. The number of hydrogen-bond donors (Lipinski definition) is 1. The predicted octanol–water partition coefficient (Wildman–Crippen LogP) is 4.55. The molecule has 2 N–H and O–H groups in total. The Morgan fingerprint density at radius 2 is 1.88 bits per heavy atom. The van der Waals surface area contributed by atoms with Gasteiger partial charge in [0.15, 0.2) is 0 Å². The molecular weight excluding hydrogens is 206 g/mol. The van der Waals surface area contributed by atoms with Crippen molar-refractivity contribution in [2.75, 3.05) is 6.54 Å². The Hall–Kier alpha value is -0.560. The molecule has 0 aromatic carbocycles. The monoisotopic (exact) mass is 237 g/mol. The summed E-state index contributed by atoms with van der Waals surface area (Å²) in [6, 6.07) is 0. The van der Waals surface area contributed by atoms with Crippen LogP contribution in [0.1, 0.15) is 53.9 Å². The van der Waals surface area contributed by atoms with Crippen LogP contribution >= 0.6 is 0 Å². The minimum atomic E-state index is 0.353. The summed E-state index contributed by atoms with van der Waals surface area (Å²) in [5.41, 5.74) is 7.61. The topological polar surface area (TPSA) is 26.0 Å². The zero-order chi connectivity index (χ0) is 13.5. The van der Waals surface area contributed by atoms with Crippen molar-refractivity contribution in [3.8, 4) is 0 Å². The highest BCUT2D eigenvalue weighted by Gasteiger charge is 2.14. The quantitative estimate of drug-likeness (QED) is 0.646. The second-order valence-electron chi connectivity index (χ2n) is 6.56. The van der Waals surface area contributed by atoms with Crippen LogP contribution in [-0.4, -0.2) is 6.54 Å². The van der Waals surface area contributed by atoms with Gasteiger partial charge in [0.25, 0.3) is 0 Å². The molecule has 0 bridgehead atoms. The van der Waals surface area contributed by atoms with Crippen LogP contribution in [0.15, 0.2) is 24.3 Å². The normalized spacial score (nSPS) is 15.1. The van der Waals surface area contributed by atoms with Crippen LogP contribution in [0, 0.1) is 17.3 Å². The number of nitrogens with two attached hydrogens (primary N) is 1. The molecule has 0 aliphatic carbocycles. The van der Waals surface area contributed by atoms with Crippen LogP contribution in [0.3, 0.4) is 0 Å². The number of allylic oxidation sites excluding steroid dienone is 2. The Morgan fingerprint density at radius 3 is 2.24 bits per heavy atom. The molecule has 0 aliphatic heterocycles. The Morgan fingerprint density at radius 1 is 1.29 bits per heavy atom. The van der Waals surface area contributed by atoms with Gasteiger partial charge >= 0.3 is 0 Å². The molecule has 0 fully saturated rings. The third-order valence-corrected chi connectivity index (χ3v) is 3.20. The first-order valence-corrected chi connectivity index (χ1v) is 6.79. The average Bonchev–Trinajstić information content (AvgIpc) is 2.21. The molecule has 17 heavy (non-hydrogen) atoms. The van der Waals surface area contributed by atoms with Crippen LogP contribution in [0.25, 0.3) is 0 Å². The molecule has 0 saturated heterocycles. The minimum Gasteiger partial charge on any atom is -0.327 e. The van der Waals surface area contributed by atoms with E-state index in [0.717, 1.165) is 19.3 Å². The van der Waals surface area contributed by atoms with Crippen molar-refractivity contribution < 1.29 is 0 Å². The maximum Gasteiger partial charge on any atom is 0.0136 e. The molecule has 0 spiro atoms. The third kappa shape index (κ3) is 8.20. The smallest absolute Gasteiger partial charge is 0.0136 e. The maximum atomic E-state index is 5.85. The van der Waals surface area contributed by atoms with E-state index in [1.165, 1.54) is 5.57 Å². The molecule has 0 saturated carbocycles. The molecule has 0 aromatic rings. The molecule has 1 atom stereocenters. The van der Waals surface area contributed by atoms with Crippen LogP contribution in [0.5, 0.6) is 0 Å². The molecule has 1 unspecified atom stereocenters. The average molecular weight is 237 g/mol. The molecule has 0 aliphatic rings. The lowest BCUT2D eigenvalue weighted by atomic mass is 9.84. The van der Waals surface area contributed by atoms with E-state index in [4.69, 9.17) is 5.73 Å². The van der Waals surface area contributed by atoms with Gasteiger partial charge in [0.1, 0.15) is 0 Å². The lowest BCUT2D eigenvalue weighted by Crippen LogP contribution is -2.14. The molecule has 100 valence electrons. The minimum absolute atomic E-state index is 0.353. The third-order valence-electron chi connectivity index (χ3n) is 3.20. The zero-order valence-corrected chi connectivity index (χ0v) is 12.4. The molecule has 0 heterocycles. The Labute approximate surface area is 108 Å². The fourth-order valence-electron chi connectivity index (χ4n) is 1.84. The van der Waals surface area contributed by atoms with E-state index in [-0.39, 0.29) is 0 Å². The van der Waals surface area contributed by atoms with Gasteiger partial charge in [0, 0.05) is 6.54 Å². The van der Waals surface area contributed by atoms with Crippen molar-refractivity contribution in [3.63, 3.8) is 0 Å². The molecule has 1 heteroatoms. The van der Waals surface area contributed by atoms with Crippen molar-refractivity contribution in [3.05, 3.63) is 24.3 Å². The van der Waals surface area contributed by atoms with Gasteiger partial charge in [0.05, 0.1) is 0 Å². The van der Waals surface area contributed by atoms with Crippen LogP contribution in [-0.2, 0) is 0 Å². The van der Waals surface area contributed by atoms with Gasteiger partial charge in [-0.25, -0.2) is 0 Å². The summed E-state index contributed by atoms with van der Waals surface area (Å²) in [5.74, 6) is 1.37. The first-order valence-electron chi connectivity index (χ1n) is 6.79. The Kier molecular flexibility index (Phi) is 7.45. The fraction of sp³-hybridized carbons (Fsp3) is 0.750. The highest BCUT2D eigenvalue weighted by atomic mass is 14.5. The lowest BCUT2D eigenvalue weighted by Gasteiger charge is -2.22. The van der Waals surface area contributed by atoms with E-state index in [9.17, 15) is 0 Å². The van der Waals surface area contributed by atoms with Gasteiger partial charge in [-0.15, -0.1) is 6.58 Å². The second kappa shape index (κ2) is 7.71. The van der Waals surface area contributed by atoms with Gasteiger partial charge in [-0.05, 0) is 36.5 Å². The standard InChI is InChI=1S/C16H31N/c1-7-8-15(13(2)3)11-14(12-17)9-10-16(4,5)6/h7,9,13,15H,1,8,10-12,17H2,2-6H3/b14-9+. The van der Waals surface area contributed by atoms with Gasteiger partial charge in [-0.3, -0.25) is 0 Å². The summed E-state index contributed by atoms with van der Waals surface area (Å²) in [6.07, 6.45) is 7.69. The van der Waals surface area contributed by atoms with Crippen LogP contribution in [0.4, 0.5) is 0 Å². The zero-order valence-electron chi connectivity index (χ0n) is 12.4. The molecule has 0 amide bonds. The number of rotatable bonds is 7. The van der Waals surface area contributed by atoms with E-state index in [1.54, 1.807) is 0 Å². The van der Waals surface area contributed by atoms with Gasteiger partial charge in [-0.1, -0.05) is 52.3 Å². The largest absolute Gasteiger partial charge is 0.327 e. The summed E-state index contributed by atoms with van der Waals surface area (Å²) >= 11 is 0.